The van der Waals surface area contributed by atoms with Gasteiger partial charge in [-0.05, 0) is 25.0 Å². The topological polar surface area (TPSA) is 66.8 Å². The Hall–Kier alpha value is -2.04. The number of ether oxygens (including phenoxy) is 1. The molecule has 18 heavy (non-hydrogen) atoms. The van der Waals surface area contributed by atoms with Gasteiger partial charge in [-0.3, -0.25) is 4.79 Å². The van der Waals surface area contributed by atoms with Gasteiger partial charge in [0.05, 0.1) is 5.92 Å². The fourth-order valence-corrected chi connectivity index (χ4v) is 2.00. The van der Waals surface area contributed by atoms with Crippen molar-refractivity contribution in [3.63, 3.8) is 0 Å². The van der Waals surface area contributed by atoms with Gasteiger partial charge in [-0.1, -0.05) is 18.2 Å². The molecule has 1 amide bonds. The predicted octanol–water partition coefficient (Wildman–Crippen LogP) is 1.98. The third-order valence-electron chi connectivity index (χ3n) is 2.98. The molecule has 1 heterocycles. The van der Waals surface area contributed by atoms with E-state index in [4.69, 9.17) is 9.84 Å². The molecule has 0 aromatic heterocycles. The van der Waals surface area contributed by atoms with E-state index in [9.17, 15) is 9.59 Å². The zero-order valence-electron chi connectivity index (χ0n) is 9.91. The van der Waals surface area contributed by atoms with Gasteiger partial charge in [0.25, 0.3) is 0 Å². The number of nitrogens with zero attached hydrogens (tertiary/aromatic N) is 1. The standard InChI is InChI=1S/C13H15NO4/c15-12(16)10-5-4-8-14(9-10)13(17)18-11-6-2-1-3-7-11/h1-3,6-7,10H,4-5,8-9H2,(H,15,16). The third-order valence-corrected chi connectivity index (χ3v) is 2.98. The van der Waals surface area contributed by atoms with Crippen LogP contribution in [-0.4, -0.2) is 35.2 Å². The highest BCUT2D eigenvalue weighted by Gasteiger charge is 2.29. The van der Waals surface area contributed by atoms with E-state index in [2.05, 4.69) is 0 Å². The minimum absolute atomic E-state index is 0.223. The van der Waals surface area contributed by atoms with Crippen LogP contribution in [0.1, 0.15) is 12.8 Å². The minimum Gasteiger partial charge on any atom is -0.481 e. The number of hydrogen-bond donors (Lipinski definition) is 1. The van der Waals surface area contributed by atoms with E-state index in [0.29, 0.717) is 25.1 Å². The maximum atomic E-state index is 11.8. The van der Waals surface area contributed by atoms with Gasteiger partial charge in [0.15, 0.2) is 0 Å². The van der Waals surface area contributed by atoms with Crippen LogP contribution in [0.2, 0.25) is 0 Å². The SMILES string of the molecule is O=C(O)C1CCCN(C(=O)Oc2ccccc2)C1. The summed E-state index contributed by atoms with van der Waals surface area (Å²) >= 11 is 0. The van der Waals surface area contributed by atoms with Gasteiger partial charge in [-0.2, -0.15) is 0 Å². The molecule has 0 spiro atoms. The molecule has 0 aliphatic carbocycles. The number of piperidine rings is 1. The number of amides is 1. The van der Waals surface area contributed by atoms with Gasteiger partial charge in [0, 0.05) is 13.1 Å². The van der Waals surface area contributed by atoms with Crippen LogP contribution in [0.25, 0.3) is 0 Å². The summed E-state index contributed by atoms with van der Waals surface area (Å²) in [6.45, 7) is 0.774. The second-order valence-corrected chi connectivity index (χ2v) is 4.30. The number of para-hydroxylation sites is 1. The molecule has 1 aliphatic heterocycles. The molecular weight excluding hydrogens is 234 g/mol. The number of hydrogen-bond acceptors (Lipinski definition) is 3. The summed E-state index contributed by atoms with van der Waals surface area (Å²) in [5.74, 6) is -0.866. The van der Waals surface area contributed by atoms with Gasteiger partial charge in [0.1, 0.15) is 5.75 Å². The zero-order valence-corrected chi connectivity index (χ0v) is 9.91. The van der Waals surface area contributed by atoms with Crippen molar-refractivity contribution in [3.8, 4) is 5.75 Å². The third kappa shape index (κ3) is 3.00. The average Bonchev–Trinajstić information content (AvgIpc) is 2.40. The Bertz CT molecular complexity index is 432. The second kappa shape index (κ2) is 5.53. The first-order chi connectivity index (χ1) is 8.66. The van der Waals surface area contributed by atoms with E-state index in [1.165, 1.54) is 4.90 Å². The van der Waals surface area contributed by atoms with Crippen LogP contribution in [0, 0.1) is 5.92 Å². The van der Waals surface area contributed by atoms with E-state index in [0.717, 1.165) is 0 Å². The molecule has 0 saturated carbocycles. The van der Waals surface area contributed by atoms with Gasteiger partial charge < -0.3 is 14.7 Å². The Morgan fingerprint density at radius 3 is 2.67 bits per heavy atom. The van der Waals surface area contributed by atoms with Crippen LogP contribution >= 0.6 is 0 Å². The highest BCUT2D eigenvalue weighted by Crippen LogP contribution is 2.18. The van der Waals surface area contributed by atoms with Crippen molar-refractivity contribution >= 4 is 12.1 Å². The molecular formula is C13H15NO4. The van der Waals surface area contributed by atoms with Gasteiger partial charge in [-0.15, -0.1) is 0 Å². The Balaban J connectivity index is 1.95. The molecule has 1 saturated heterocycles. The molecule has 1 aliphatic rings. The second-order valence-electron chi connectivity index (χ2n) is 4.30. The lowest BCUT2D eigenvalue weighted by molar-refractivity contribution is -0.143. The number of carbonyl (C=O) groups is 2. The predicted molar refractivity (Wildman–Crippen MR) is 64.4 cm³/mol. The van der Waals surface area contributed by atoms with E-state index in [1.54, 1.807) is 24.3 Å². The van der Waals surface area contributed by atoms with Crippen molar-refractivity contribution in [3.05, 3.63) is 30.3 Å². The van der Waals surface area contributed by atoms with Crippen molar-refractivity contribution in [2.75, 3.05) is 13.1 Å². The van der Waals surface area contributed by atoms with Crippen LogP contribution in [0.15, 0.2) is 30.3 Å². The maximum Gasteiger partial charge on any atom is 0.415 e. The Morgan fingerprint density at radius 2 is 2.00 bits per heavy atom. The lowest BCUT2D eigenvalue weighted by Gasteiger charge is -2.29. The summed E-state index contributed by atoms with van der Waals surface area (Å²) < 4.78 is 5.18. The first kappa shape index (κ1) is 12.4. The molecule has 1 atom stereocenters. The fraction of sp³-hybridized carbons (Fsp3) is 0.385. The zero-order chi connectivity index (χ0) is 13.0. The van der Waals surface area contributed by atoms with Crippen molar-refractivity contribution in [2.24, 2.45) is 5.92 Å². The van der Waals surface area contributed by atoms with Gasteiger partial charge in [0.2, 0.25) is 0 Å². The lowest BCUT2D eigenvalue weighted by Crippen LogP contribution is -2.43. The molecule has 1 fully saturated rings. The molecule has 1 aromatic carbocycles. The summed E-state index contributed by atoms with van der Waals surface area (Å²) in [6, 6.07) is 8.77. The van der Waals surface area contributed by atoms with Crippen molar-refractivity contribution in [1.29, 1.82) is 0 Å². The first-order valence-corrected chi connectivity index (χ1v) is 5.91. The van der Waals surface area contributed by atoms with Crippen LogP contribution in [-0.2, 0) is 4.79 Å². The molecule has 2 rings (SSSR count). The summed E-state index contributed by atoms with van der Waals surface area (Å²) in [4.78, 5) is 24.2. The summed E-state index contributed by atoms with van der Waals surface area (Å²) in [5.41, 5.74) is 0. The molecule has 1 N–H and O–H groups in total. The highest BCUT2D eigenvalue weighted by molar-refractivity contribution is 5.74. The van der Waals surface area contributed by atoms with E-state index in [-0.39, 0.29) is 6.54 Å². The monoisotopic (exact) mass is 249 g/mol. The van der Waals surface area contributed by atoms with Crippen LogP contribution in [0.3, 0.4) is 0 Å². The maximum absolute atomic E-state index is 11.8. The Labute approximate surface area is 105 Å². The molecule has 96 valence electrons. The first-order valence-electron chi connectivity index (χ1n) is 5.91. The number of carboxylic acids is 1. The minimum atomic E-state index is -0.854. The number of carboxylic acid groups (broad SMARTS) is 1. The highest BCUT2D eigenvalue weighted by atomic mass is 16.6. The fourth-order valence-electron chi connectivity index (χ4n) is 2.00. The average molecular weight is 249 g/mol. The van der Waals surface area contributed by atoms with Gasteiger partial charge >= 0.3 is 12.1 Å². The van der Waals surface area contributed by atoms with Crippen molar-refractivity contribution in [2.45, 2.75) is 12.8 Å². The van der Waals surface area contributed by atoms with E-state index in [1.807, 2.05) is 6.07 Å². The number of aliphatic carboxylic acids is 1. The Morgan fingerprint density at radius 1 is 1.28 bits per heavy atom. The summed E-state index contributed by atoms with van der Waals surface area (Å²) in [7, 11) is 0. The largest absolute Gasteiger partial charge is 0.481 e. The van der Waals surface area contributed by atoms with Gasteiger partial charge in [-0.25, -0.2) is 4.79 Å². The number of carbonyl (C=O) groups excluding carboxylic acids is 1. The van der Waals surface area contributed by atoms with Crippen LogP contribution in [0.4, 0.5) is 4.79 Å². The molecule has 5 nitrogen and oxygen atoms in total. The molecule has 1 aromatic rings. The van der Waals surface area contributed by atoms with Crippen molar-refractivity contribution < 1.29 is 19.4 Å². The molecule has 0 bridgehead atoms. The van der Waals surface area contributed by atoms with Crippen molar-refractivity contribution in [1.82, 2.24) is 4.90 Å². The lowest BCUT2D eigenvalue weighted by atomic mass is 9.99. The van der Waals surface area contributed by atoms with E-state index >= 15 is 0 Å². The van der Waals surface area contributed by atoms with E-state index < -0.39 is 18.0 Å². The smallest absolute Gasteiger partial charge is 0.415 e. The van der Waals surface area contributed by atoms with Crippen LogP contribution < -0.4 is 4.74 Å². The molecule has 5 heteroatoms. The number of rotatable bonds is 2. The molecule has 1 unspecified atom stereocenters. The normalized spacial score (nSPS) is 19.3. The molecule has 0 radical (unpaired) electrons. The summed E-state index contributed by atoms with van der Waals surface area (Å²) in [5, 5.41) is 8.95. The number of likely N-dealkylation sites (tertiary alicyclic amines) is 1. The van der Waals surface area contributed by atoms with Crippen LogP contribution in [0.5, 0.6) is 5.75 Å². The Kier molecular flexibility index (Phi) is 3.82. The quantitative estimate of drug-likeness (QED) is 0.870. The number of benzene rings is 1. The summed E-state index contributed by atoms with van der Waals surface area (Å²) in [6.07, 6.45) is 0.831.